The molecule has 3 heterocycles. The fourth-order valence-corrected chi connectivity index (χ4v) is 3.36. The van der Waals surface area contributed by atoms with E-state index in [-0.39, 0.29) is 12.5 Å². The van der Waals surface area contributed by atoms with E-state index in [0.717, 1.165) is 28.8 Å². The summed E-state index contributed by atoms with van der Waals surface area (Å²) in [6, 6.07) is 7.95. The highest BCUT2D eigenvalue weighted by molar-refractivity contribution is 7.16. The number of carbonyl (C=O) groups excluding carboxylic acids is 1. The van der Waals surface area contributed by atoms with Crippen LogP contribution in [0.3, 0.4) is 0 Å². The summed E-state index contributed by atoms with van der Waals surface area (Å²) in [6.45, 7) is 0.208. The Morgan fingerprint density at radius 2 is 2.17 bits per heavy atom. The molecule has 0 radical (unpaired) electrons. The summed E-state index contributed by atoms with van der Waals surface area (Å²) in [5, 5.41) is 9.07. The number of aromatic nitrogens is 3. The maximum atomic E-state index is 12.0. The molecule has 0 aliphatic heterocycles. The van der Waals surface area contributed by atoms with Gasteiger partial charge in [-0.3, -0.25) is 9.78 Å². The number of fused-ring (bicyclic) bond motifs is 1. The number of carbonyl (C=O) groups is 1. The summed E-state index contributed by atoms with van der Waals surface area (Å²) in [5.74, 6) is 1.24. The second-order valence-electron chi connectivity index (χ2n) is 5.80. The topological polar surface area (TPSA) is 79.8 Å². The van der Waals surface area contributed by atoms with Crippen molar-refractivity contribution < 1.29 is 4.79 Å². The van der Waals surface area contributed by atoms with Gasteiger partial charge in [-0.1, -0.05) is 6.07 Å². The van der Waals surface area contributed by atoms with Crippen LogP contribution in [0.25, 0.3) is 21.7 Å². The number of rotatable bonds is 5. The molecule has 0 bridgehead atoms. The van der Waals surface area contributed by atoms with E-state index in [2.05, 4.69) is 25.6 Å². The molecule has 7 heteroatoms. The normalized spacial score (nSPS) is 14.3. The maximum Gasteiger partial charge on any atom is 0.239 e. The van der Waals surface area contributed by atoms with E-state index >= 15 is 0 Å². The van der Waals surface area contributed by atoms with E-state index in [9.17, 15) is 4.79 Å². The van der Waals surface area contributed by atoms with Crippen molar-refractivity contribution in [2.45, 2.75) is 25.3 Å². The quantitative estimate of drug-likeness (QED) is 0.747. The number of pyridine rings is 1. The van der Waals surface area contributed by atoms with Crippen LogP contribution < -0.4 is 10.6 Å². The highest BCUT2D eigenvalue weighted by atomic mass is 32.1. The van der Waals surface area contributed by atoms with Crippen LogP contribution in [0.2, 0.25) is 0 Å². The van der Waals surface area contributed by atoms with Crippen LogP contribution in [-0.4, -0.2) is 33.4 Å². The standard InChI is InChI=1S/C17H17N5OS/c23-14(20-11-4-3-5-11)10-19-15-12-7-9-24-17(12)22-16(21-15)13-6-1-2-8-18-13/h1-2,6-9,11H,3-5,10H2,(H,20,23)(H,19,21,22). The van der Waals surface area contributed by atoms with Gasteiger partial charge in [-0.05, 0) is 42.8 Å². The molecule has 2 N–H and O–H groups in total. The zero-order chi connectivity index (χ0) is 16.4. The van der Waals surface area contributed by atoms with Crippen LogP contribution in [0, 0.1) is 0 Å². The van der Waals surface area contributed by atoms with Gasteiger partial charge in [0.15, 0.2) is 5.82 Å². The van der Waals surface area contributed by atoms with Crippen molar-refractivity contribution in [2.24, 2.45) is 0 Å². The van der Waals surface area contributed by atoms with Gasteiger partial charge in [0.05, 0.1) is 11.9 Å². The van der Waals surface area contributed by atoms with E-state index in [1.54, 1.807) is 17.5 Å². The Hall–Kier alpha value is -2.54. The zero-order valence-corrected chi connectivity index (χ0v) is 13.8. The minimum Gasteiger partial charge on any atom is -0.360 e. The van der Waals surface area contributed by atoms with Gasteiger partial charge in [-0.15, -0.1) is 11.3 Å². The molecule has 3 aromatic rings. The summed E-state index contributed by atoms with van der Waals surface area (Å²) in [7, 11) is 0. The average molecular weight is 339 g/mol. The van der Waals surface area contributed by atoms with Crippen molar-refractivity contribution in [1.29, 1.82) is 0 Å². The minimum atomic E-state index is 0.000998. The predicted molar refractivity (Wildman–Crippen MR) is 94.9 cm³/mol. The third-order valence-corrected chi connectivity index (χ3v) is 4.91. The smallest absolute Gasteiger partial charge is 0.239 e. The van der Waals surface area contributed by atoms with Crippen molar-refractivity contribution in [3.8, 4) is 11.5 Å². The van der Waals surface area contributed by atoms with Crippen molar-refractivity contribution >= 4 is 33.3 Å². The van der Waals surface area contributed by atoms with Gasteiger partial charge in [-0.25, -0.2) is 9.97 Å². The molecule has 0 aromatic carbocycles. The minimum absolute atomic E-state index is 0.000998. The molecule has 1 aliphatic rings. The predicted octanol–water partition coefficient (Wildman–Crippen LogP) is 2.83. The molecule has 0 unspecified atom stereocenters. The van der Waals surface area contributed by atoms with Crippen molar-refractivity contribution in [1.82, 2.24) is 20.3 Å². The lowest BCUT2D eigenvalue weighted by molar-refractivity contribution is -0.120. The number of nitrogens with one attached hydrogen (secondary N) is 2. The lowest BCUT2D eigenvalue weighted by atomic mass is 9.93. The van der Waals surface area contributed by atoms with Gasteiger partial charge >= 0.3 is 0 Å². The van der Waals surface area contributed by atoms with Crippen molar-refractivity contribution in [2.75, 3.05) is 11.9 Å². The first-order valence-electron chi connectivity index (χ1n) is 7.99. The number of anilines is 1. The van der Waals surface area contributed by atoms with Crippen molar-refractivity contribution in [3.05, 3.63) is 35.8 Å². The Labute approximate surface area is 143 Å². The molecular weight excluding hydrogens is 322 g/mol. The summed E-state index contributed by atoms with van der Waals surface area (Å²) in [5.41, 5.74) is 0.717. The highest BCUT2D eigenvalue weighted by Crippen LogP contribution is 2.27. The molecule has 0 spiro atoms. The summed E-state index contributed by atoms with van der Waals surface area (Å²) < 4.78 is 0. The Kier molecular flexibility index (Phi) is 4.08. The van der Waals surface area contributed by atoms with Gasteiger partial charge in [0, 0.05) is 12.2 Å². The van der Waals surface area contributed by atoms with Crippen LogP contribution in [0.5, 0.6) is 0 Å². The fourth-order valence-electron chi connectivity index (χ4n) is 2.60. The first kappa shape index (κ1) is 15.0. The molecule has 3 aromatic heterocycles. The van der Waals surface area contributed by atoms with E-state index in [1.165, 1.54) is 6.42 Å². The fraction of sp³-hybridized carbons (Fsp3) is 0.294. The molecule has 1 amide bonds. The number of amides is 1. The SMILES string of the molecule is O=C(CNc1nc(-c2ccccn2)nc2sccc12)NC1CCC1. The van der Waals surface area contributed by atoms with Crippen LogP contribution in [0.4, 0.5) is 5.82 Å². The highest BCUT2D eigenvalue weighted by Gasteiger charge is 2.19. The van der Waals surface area contributed by atoms with Crippen LogP contribution >= 0.6 is 11.3 Å². The lowest BCUT2D eigenvalue weighted by Gasteiger charge is -2.26. The number of thiophene rings is 1. The Balaban J connectivity index is 1.57. The summed E-state index contributed by atoms with van der Waals surface area (Å²) in [6.07, 6.45) is 5.08. The van der Waals surface area contributed by atoms with Crippen LogP contribution in [-0.2, 0) is 4.79 Å². The molecular formula is C17H17N5OS. The largest absolute Gasteiger partial charge is 0.360 e. The van der Waals surface area contributed by atoms with Gasteiger partial charge in [0.2, 0.25) is 5.91 Å². The first-order valence-corrected chi connectivity index (χ1v) is 8.87. The molecule has 122 valence electrons. The van der Waals surface area contributed by atoms with Crippen LogP contribution in [0.1, 0.15) is 19.3 Å². The second-order valence-corrected chi connectivity index (χ2v) is 6.69. The molecule has 0 saturated heterocycles. The third-order valence-electron chi connectivity index (χ3n) is 4.11. The zero-order valence-electron chi connectivity index (χ0n) is 13.0. The maximum absolute atomic E-state index is 12.0. The van der Waals surface area contributed by atoms with Gasteiger partial charge in [-0.2, -0.15) is 0 Å². The Bertz CT molecular complexity index is 860. The summed E-state index contributed by atoms with van der Waals surface area (Å²) >= 11 is 1.55. The monoisotopic (exact) mass is 339 g/mol. The Morgan fingerprint density at radius 3 is 2.92 bits per heavy atom. The number of hydrogen-bond donors (Lipinski definition) is 2. The summed E-state index contributed by atoms with van der Waals surface area (Å²) in [4.78, 5) is 26.4. The number of nitrogens with zero attached hydrogens (tertiary/aromatic N) is 3. The lowest BCUT2D eigenvalue weighted by Crippen LogP contribution is -2.42. The molecule has 1 fully saturated rings. The molecule has 6 nitrogen and oxygen atoms in total. The average Bonchev–Trinajstić information content (AvgIpc) is 3.05. The molecule has 24 heavy (non-hydrogen) atoms. The first-order chi connectivity index (χ1) is 11.8. The van der Waals surface area contributed by atoms with E-state index in [4.69, 9.17) is 0 Å². The number of hydrogen-bond acceptors (Lipinski definition) is 6. The van der Waals surface area contributed by atoms with Gasteiger partial charge < -0.3 is 10.6 Å². The van der Waals surface area contributed by atoms with E-state index < -0.39 is 0 Å². The second kappa shape index (κ2) is 6.52. The molecule has 1 saturated carbocycles. The van der Waals surface area contributed by atoms with Crippen molar-refractivity contribution in [3.63, 3.8) is 0 Å². The molecule has 4 rings (SSSR count). The van der Waals surface area contributed by atoms with E-state index in [0.29, 0.717) is 17.7 Å². The molecule has 0 atom stereocenters. The van der Waals surface area contributed by atoms with Gasteiger partial charge in [0.1, 0.15) is 16.3 Å². The van der Waals surface area contributed by atoms with Crippen LogP contribution in [0.15, 0.2) is 35.8 Å². The molecule has 1 aliphatic carbocycles. The van der Waals surface area contributed by atoms with E-state index in [1.807, 2.05) is 29.6 Å². The Morgan fingerprint density at radius 1 is 1.25 bits per heavy atom. The van der Waals surface area contributed by atoms with Gasteiger partial charge in [0.25, 0.3) is 0 Å². The third kappa shape index (κ3) is 3.07.